The number of nitrogen functional groups attached to an aromatic ring is 1. The lowest BCUT2D eigenvalue weighted by Gasteiger charge is -2.07. The van der Waals surface area contributed by atoms with Crippen LogP contribution in [0.4, 0.5) is 11.4 Å². The van der Waals surface area contributed by atoms with Gasteiger partial charge in [0.25, 0.3) is 0 Å². The van der Waals surface area contributed by atoms with Crippen LogP contribution < -0.4 is 15.8 Å². The quantitative estimate of drug-likeness (QED) is 0.481. The van der Waals surface area contributed by atoms with Gasteiger partial charge in [0.2, 0.25) is 5.91 Å². The van der Waals surface area contributed by atoms with Crippen molar-refractivity contribution >= 4 is 29.0 Å². The zero-order valence-corrected chi connectivity index (χ0v) is 16.0. The first-order valence-corrected chi connectivity index (χ1v) is 9.46. The summed E-state index contributed by atoms with van der Waals surface area (Å²) in [6.07, 6.45) is 0. The minimum Gasteiger partial charge on any atom is -0.494 e. The molecule has 3 aromatic rings. The number of nitrogens with two attached hydrogens (primary N) is 1. The van der Waals surface area contributed by atoms with E-state index in [1.54, 1.807) is 0 Å². The lowest BCUT2D eigenvalue weighted by atomic mass is 10.2. The van der Waals surface area contributed by atoms with Crippen molar-refractivity contribution < 1.29 is 9.53 Å². The average molecular weight is 383 g/mol. The largest absolute Gasteiger partial charge is 0.494 e. The van der Waals surface area contributed by atoms with Gasteiger partial charge in [0, 0.05) is 24.0 Å². The Labute approximate surface area is 161 Å². The Kier molecular flexibility index (Phi) is 5.97. The maximum absolute atomic E-state index is 12.2. The number of benzene rings is 2. The van der Waals surface area contributed by atoms with Crippen molar-refractivity contribution in [2.75, 3.05) is 23.4 Å². The van der Waals surface area contributed by atoms with Crippen molar-refractivity contribution in [2.45, 2.75) is 12.1 Å². The maximum atomic E-state index is 12.2. The summed E-state index contributed by atoms with van der Waals surface area (Å²) in [7, 11) is 1.87. The molecule has 27 heavy (non-hydrogen) atoms. The number of hydrogen-bond donors (Lipinski definition) is 2. The lowest BCUT2D eigenvalue weighted by molar-refractivity contribution is -0.113. The Morgan fingerprint density at radius 1 is 1.22 bits per heavy atom. The van der Waals surface area contributed by atoms with Crippen molar-refractivity contribution in [3.8, 4) is 17.1 Å². The molecule has 0 aliphatic carbocycles. The SMILES string of the molecule is CCOc1ccc(NC(=O)CSc2nnc(-c3cccc(N)c3)n2C)cc1. The van der Waals surface area contributed by atoms with Gasteiger partial charge in [-0.3, -0.25) is 4.79 Å². The third-order valence-corrected chi connectivity index (χ3v) is 4.78. The topological polar surface area (TPSA) is 95.1 Å². The third-order valence-electron chi connectivity index (χ3n) is 3.76. The van der Waals surface area contributed by atoms with Gasteiger partial charge in [-0.1, -0.05) is 23.9 Å². The zero-order valence-electron chi connectivity index (χ0n) is 15.2. The number of anilines is 2. The van der Waals surface area contributed by atoms with Gasteiger partial charge in [0.05, 0.1) is 12.4 Å². The molecule has 0 bridgehead atoms. The van der Waals surface area contributed by atoms with Gasteiger partial charge in [-0.2, -0.15) is 0 Å². The molecule has 1 heterocycles. The molecule has 0 atom stereocenters. The van der Waals surface area contributed by atoms with Crippen molar-refractivity contribution in [3.63, 3.8) is 0 Å². The molecule has 0 radical (unpaired) electrons. The smallest absolute Gasteiger partial charge is 0.234 e. The van der Waals surface area contributed by atoms with E-state index in [-0.39, 0.29) is 11.7 Å². The summed E-state index contributed by atoms with van der Waals surface area (Å²) in [5.41, 5.74) is 8.10. The number of aromatic nitrogens is 3. The highest BCUT2D eigenvalue weighted by Crippen LogP contribution is 2.24. The number of nitrogens with zero attached hydrogens (tertiary/aromatic N) is 3. The molecule has 8 heteroatoms. The maximum Gasteiger partial charge on any atom is 0.234 e. The van der Waals surface area contributed by atoms with Gasteiger partial charge < -0.3 is 20.4 Å². The predicted molar refractivity (Wildman–Crippen MR) is 108 cm³/mol. The standard InChI is InChI=1S/C19H21N5O2S/c1-3-26-16-9-7-15(8-10-16)21-17(25)12-27-19-23-22-18(24(19)2)13-5-4-6-14(20)11-13/h4-11H,3,12,20H2,1-2H3,(H,21,25). The second kappa shape index (κ2) is 8.59. The summed E-state index contributed by atoms with van der Waals surface area (Å²) in [4.78, 5) is 12.2. The Bertz CT molecular complexity index is 924. The van der Waals surface area contributed by atoms with Crippen molar-refractivity contribution in [1.29, 1.82) is 0 Å². The van der Waals surface area contributed by atoms with E-state index < -0.39 is 0 Å². The van der Waals surface area contributed by atoms with E-state index in [2.05, 4.69) is 15.5 Å². The van der Waals surface area contributed by atoms with Gasteiger partial charge in [-0.15, -0.1) is 10.2 Å². The van der Waals surface area contributed by atoms with Crippen LogP contribution in [0, 0.1) is 0 Å². The number of nitrogens with one attached hydrogen (secondary N) is 1. The minimum atomic E-state index is -0.113. The molecule has 0 saturated heterocycles. The van der Waals surface area contributed by atoms with E-state index in [9.17, 15) is 4.79 Å². The molecule has 140 valence electrons. The summed E-state index contributed by atoms with van der Waals surface area (Å²) in [6.45, 7) is 2.54. The molecule has 0 spiro atoms. The number of rotatable bonds is 7. The number of hydrogen-bond acceptors (Lipinski definition) is 6. The summed E-state index contributed by atoms with van der Waals surface area (Å²) < 4.78 is 7.24. The Morgan fingerprint density at radius 3 is 2.70 bits per heavy atom. The first-order valence-electron chi connectivity index (χ1n) is 8.47. The van der Waals surface area contributed by atoms with Crippen LogP contribution in [0.3, 0.4) is 0 Å². The van der Waals surface area contributed by atoms with Crippen LogP contribution in [-0.4, -0.2) is 33.0 Å². The number of ether oxygens (including phenoxy) is 1. The minimum absolute atomic E-state index is 0.113. The second-order valence-electron chi connectivity index (χ2n) is 5.78. The summed E-state index contributed by atoms with van der Waals surface area (Å²) in [6, 6.07) is 14.7. The number of amides is 1. The molecule has 3 N–H and O–H groups in total. The van der Waals surface area contributed by atoms with Gasteiger partial charge in [-0.05, 0) is 43.3 Å². The van der Waals surface area contributed by atoms with Crippen LogP contribution in [0.2, 0.25) is 0 Å². The fourth-order valence-electron chi connectivity index (χ4n) is 2.50. The lowest BCUT2D eigenvalue weighted by Crippen LogP contribution is -2.14. The highest BCUT2D eigenvalue weighted by molar-refractivity contribution is 7.99. The van der Waals surface area contributed by atoms with Crippen LogP contribution >= 0.6 is 11.8 Å². The summed E-state index contributed by atoms with van der Waals surface area (Å²) >= 11 is 1.33. The van der Waals surface area contributed by atoms with E-state index in [1.165, 1.54) is 11.8 Å². The molecular formula is C19H21N5O2S. The van der Waals surface area contributed by atoms with E-state index in [4.69, 9.17) is 10.5 Å². The van der Waals surface area contributed by atoms with Crippen molar-refractivity contribution in [3.05, 3.63) is 48.5 Å². The molecule has 1 aromatic heterocycles. The Balaban J connectivity index is 1.59. The molecule has 1 amide bonds. The van der Waals surface area contributed by atoms with E-state index >= 15 is 0 Å². The molecule has 3 rings (SSSR count). The number of carbonyl (C=O) groups excluding carboxylic acids is 1. The van der Waals surface area contributed by atoms with Crippen LogP contribution in [-0.2, 0) is 11.8 Å². The van der Waals surface area contributed by atoms with Crippen LogP contribution in [0.15, 0.2) is 53.7 Å². The summed E-state index contributed by atoms with van der Waals surface area (Å²) in [5.74, 6) is 1.60. The van der Waals surface area contributed by atoms with Crippen LogP contribution in [0.1, 0.15) is 6.92 Å². The Hall–Kier alpha value is -3.00. The van der Waals surface area contributed by atoms with Crippen molar-refractivity contribution in [1.82, 2.24) is 14.8 Å². The molecule has 0 aliphatic rings. The molecule has 0 fully saturated rings. The molecular weight excluding hydrogens is 362 g/mol. The monoisotopic (exact) mass is 383 g/mol. The highest BCUT2D eigenvalue weighted by atomic mass is 32.2. The second-order valence-corrected chi connectivity index (χ2v) is 6.73. The van der Waals surface area contributed by atoms with E-state index in [0.717, 1.165) is 17.0 Å². The van der Waals surface area contributed by atoms with Gasteiger partial charge in [-0.25, -0.2) is 0 Å². The average Bonchev–Trinajstić information content (AvgIpc) is 3.02. The van der Waals surface area contributed by atoms with Gasteiger partial charge >= 0.3 is 0 Å². The molecule has 2 aromatic carbocycles. The summed E-state index contributed by atoms with van der Waals surface area (Å²) in [5, 5.41) is 11.9. The van der Waals surface area contributed by atoms with Crippen LogP contribution in [0.5, 0.6) is 5.75 Å². The molecule has 0 saturated carbocycles. The third kappa shape index (κ3) is 4.79. The molecule has 7 nitrogen and oxygen atoms in total. The van der Waals surface area contributed by atoms with Crippen molar-refractivity contribution in [2.24, 2.45) is 7.05 Å². The first kappa shape index (κ1) is 18.8. The van der Waals surface area contributed by atoms with Gasteiger partial charge in [0.15, 0.2) is 11.0 Å². The number of carbonyl (C=O) groups is 1. The predicted octanol–water partition coefficient (Wildman–Crippen LogP) is 3.19. The normalized spacial score (nSPS) is 10.6. The molecule has 0 unspecified atom stereocenters. The fourth-order valence-corrected chi connectivity index (χ4v) is 3.21. The first-order chi connectivity index (χ1) is 13.1. The van der Waals surface area contributed by atoms with Gasteiger partial charge in [0.1, 0.15) is 5.75 Å². The van der Waals surface area contributed by atoms with Crippen LogP contribution in [0.25, 0.3) is 11.4 Å². The molecule has 0 aliphatic heterocycles. The number of thioether (sulfide) groups is 1. The zero-order chi connectivity index (χ0) is 19.2. The Morgan fingerprint density at radius 2 is 2.00 bits per heavy atom. The van der Waals surface area contributed by atoms with E-state index in [1.807, 2.05) is 67.1 Å². The highest BCUT2D eigenvalue weighted by Gasteiger charge is 2.13. The fraction of sp³-hybridized carbons (Fsp3) is 0.211. The van der Waals surface area contributed by atoms with E-state index in [0.29, 0.717) is 23.3 Å².